The molecule has 2 aromatic carbocycles. The molecule has 1 nitrogen and oxygen atoms in total. The summed E-state index contributed by atoms with van der Waals surface area (Å²) >= 11 is 15.1. The largest absolute Gasteiger partial charge is 0.388 e. The van der Waals surface area contributed by atoms with Crippen LogP contribution >= 0.6 is 39.1 Å². The zero-order valence-corrected chi connectivity index (χ0v) is 12.8. The highest BCUT2D eigenvalue weighted by molar-refractivity contribution is 9.10. The summed E-state index contributed by atoms with van der Waals surface area (Å²) in [5.41, 5.74) is 1.20. The topological polar surface area (TPSA) is 20.2 Å². The van der Waals surface area contributed by atoms with E-state index in [9.17, 15) is 9.50 Å². The lowest BCUT2D eigenvalue weighted by molar-refractivity contribution is 0.177. The molecule has 5 heteroatoms. The van der Waals surface area contributed by atoms with Gasteiger partial charge in [-0.05, 0) is 51.3 Å². The molecule has 100 valence electrons. The lowest BCUT2D eigenvalue weighted by atomic mass is 10.0. The third-order valence-corrected chi connectivity index (χ3v) is 4.20. The average molecular weight is 364 g/mol. The van der Waals surface area contributed by atoms with Crippen molar-refractivity contribution in [1.82, 2.24) is 0 Å². The fraction of sp³-hybridized carbons (Fsp3) is 0.143. The van der Waals surface area contributed by atoms with Gasteiger partial charge in [0.1, 0.15) is 5.82 Å². The molecule has 0 saturated heterocycles. The summed E-state index contributed by atoms with van der Waals surface area (Å²) in [6, 6.07) is 9.59. The molecule has 1 N–H and O–H groups in total. The molecule has 19 heavy (non-hydrogen) atoms. The van der Waals surface area contributed by atoms with Gasteiger partial charge in [-0.2, -0.15) is 0 Å². The molecular formula is C14H10BrCl2FO. The monoisotopic (exact) mass is 362 g/mol. The van der Waals surface area contributed by atoms with Gasteiger partial charge in [0.2, 0.25) is 0 Å². The quantitative estimate of drug-likeness (QED) is 0.797. The molecule has 0 saturated carbocycles. The number of benzene rings is 2. The van der Waals surface area contributed by atoms with Crippen molar-refractivity contribution in [2.75, 3.05) is 0 Å². The summed E-state index contributed by atoms with van der Waals surface area (Å²) < 4.78 is 13.7. The molecule has 1 atom stereocenters. The number of rotatable bonds is 3. The first-order valence-electron chi connectivity index (χ1n) is 5.55. The minimum atomic E-state index is -0.860. The van der Waals surface area contributed by atoms with Crippen molar-refractivity contribution in [3.05, 3.63) is 67.9 Å². The van der Waals surface area contributed by atoms with Gasteiger partial charge in [-0.15, -0.1) is 0 Å². The summed E-state index contributed by atoms with van der Waals surface area (Å²) in [5.74, 6) is -0.409. The van der Waals surface area contributed by atoms with Crippen molar-refractivity contribution in [3.8, 4) is 0 Å². The van der Waals surface area contributed by atoms with Crippen molar-refractivity contribution in [2.24, 2.45) is 0 Å². The highest BCUT2D eigenvalue weighted by Gasteiger charge is 2.16. The average Bonchev–Trinajstić information content (AvgIpc) is 2.37. The maximum Gasteiger partial charge on any atom is 0.137 e. The van der Waals surface area contributed by atoms with Crippen LogP contribution in [0.3, 0.4) is 0 Å². The van der Waals surface area contributed by atoms with Gasteiger partial charge in [0.15, 0.2) is 0 Å². The summed E-state index contributed by atoms with van der Waals surface area (Å²) in [6.45, 7) is 0. The second-order valence-electron chi connectivity index (χ2n) is 4.10. The molecule has 0 radical (unpaired) electrons. The first kappa shape index (κ1) is 14.8. The van der Waals surface area contributed by atoms with Crippen molar-refractivity contribution in [3.63, 3.8) is 0 Å². The molecule has 0 aliphatic heterocycles. The standard InChI is InChI=1S/C14H10BrCl2FO/c15-14-10(2-1-3-12(14)18)13(19)7-8-6-9(16)4-5-11(8)17/h1-6,13,19H,7H2. The predicted octanol–water partition coefficient (Wildman–Crippen LogP) is 5.17. The van der Waals surface area contributed by atoms with Crippen molar-refractivity contribution < 1.29 is 9.50 Å². The zero-order valence-electron chi connectivity index (χ0n) is 9.71. The van der Waals surface area contributed by atoms with Gasteiger partial charge in [-0.25, -0.2) is 4.39 Å². The van der Waals surface area contributed by atoms with E-state index >= 15 is 0 Å². The molecular weight excluding hydrogens is 354 g/mol. The Labute approximate surface area is 129 Å². The third-order valence-electron chi connectivity index (χ3n) is 2.76. The van der Waals surface area contributed by atoms with Gasteiger partial charge in [-0.1, -0.05) is 35.3 Å². The number of aliphatic hydroxyl groups excluding tert-OH is 1. The van der Waals surface area contributed by atoms with Crippen LogP contribution in [0, 0.1) is 5.82 Å². The fourth-order valence-corrected chi connectivity index (χ4v) is 2.71. The van der Waals surface area contributed by atoms with E-state index in [0.717, 1.165) is 5.56 Å². The van der Waals surface area contributed by atoms with E-state index in [1.54, 1.807) is 30.3 Å². The van der Waals surface area contributed by atoms with E-state index in [-0.39, 0.29) is 10.9 Å². The number of hydrogen-bond donors (Lipinski definition) is 1. The minimum absolute atomic E-state index is 0.264. The van der Waals surface area contributed by atoms with Gasteiger partial charge in [0.25, 0.3) is 0 Å². The first-order chi connectivity index (χ1) is 8.99. The Morgan fingerprint density at radius 2 is 1.95 bits per heavy atom. The number of halogens is 4. The number of aliphatic hydroxyl groups is 1. The lowest BCUT2D eigenvalue weighted by Crippen LogP contribution is -2.04. The van der Waals surface area contributed by atoms with Gasteiger partial charge >= 0.3 is 0 Å². The van der Waals surface area contributed by atoms with E-state index in [4.69, 9.17) is 23.2 Å². The normalized spacial score (nSPS) is 12.5. The Balaban J connectivity index is 2.28. The van der Waals surface area contributed by atoms with E-state index in [2.05, 4.69) is 15.9 Å². The highest BCUT2D eigenvalue weighted by Crippen LogP contribution is 2.30. The molecule has 0 spiro atoms. The Hall–Kier alpha value is -0.610. The first-order valence-corrected chi connectivity index (χ1v) is 7.10. The van der Waals surface area contributed by atoms with Gasteiger partial charge in [0, 0.05) is 16.5 Å². The molecule has 0 amide bonds. The van der Waals surface area contributed by atoms with Crippen LogP contribution in [0.25, 0.3) is 0 Å². The van der Waals surface area contributed by atoms with Gasteiger partial charge in [-0.3, -0.25) is 0 Å². The Kier molecular flexibility index (Phi) is 4.85. The molecule has 0 aromatic heterocycles. The Bertz CT molecular complexity index is 604. The summed E-state index contributed by atoms with van der Waals surface area (Å²) in [4.78, 5) is 0. The second kappa shape index (κ2) is 6.23. The van der Waals surface area contributed by atoms with Crippen LogP contribution in [0.5, 0.6) is 0 Å². The lowest BCUT2D eigenvalue weighted by Gasteiger charge is -2.14. The molecule has 0 heterocycles. The Morgan fingerprint density at radius 3 is 2.68 bits per heavy atom. The van der Waals surface area contributed by atoms with E-state index in [1.165, 1.54) is 6.07 Å². The van der Waals surface area contributed by atoms with Crippen LogP contribution in [0.4, 0.5) is 4.39 Å². The second-order valence-corrected chi connectivity index (χ2v) is 5.74. The van der Waals surface area contributed by atoms with E-state index in [0.29, 0.717) is 15.6 Å². The minimum Gasteiger partial charge on any atom is -0.388 e. The van der Waals surface area contributed by atoms with Crippen molar-refractivity contribution in [2.45, 2.75) is 12.5 Å². The van der Waals surface area contributed by atoms with Crippen LogP contribution in [0.2, 0.25) is 10.0 Å². The van der Waals surface area contributed by atoms with Crippen molar-refractivity contribution >= 4 is 39.1 Å². The van der Waals surface area contributed by atoms with Crippen LogP contribution in [-0.4, -0.2) is 5.11 Å². The summed E-state index contributed by atoms with van der Waals surface area (Å²) in [5, 5.41) is 11.3. The third kappa shape index (κ3) is 3.48. The molecule has 0 aliphatic rings. The Morgan fingerprint density at radius 1 is 1.21 bits per heavy atom. The van der Waals surface area contributed by atoms with Gasteiger partial charge in [0.05, 0.1) is 10.6 Å². The van der Waals surface area contributed by atoms with Crippen LogP contribution < -0.4 is 0 Å². The van der Waals surface area contributed by atoms with Crippen molar-refractivity contribution in [1.29, 1.82) is 0 Å². The molecule has 0 bridgehead atoms. The summed E-state index contributed by atoms with van der Waals surface area (Å²) in [6.07, 6.45) is -0.595. The molecule has 0 aliphatic carbocycles. The van der Waals surface area contributed by atoms with E-state index < -0.39 is 11.9 Å². The molecule has 2 rings (SSSR count). The maximum absolute atomic E-state index is 13.4. The predicted molar refractivity (Wildman–Crippen MR) is 79.2 cm³/mol. The van der Waals surface area contributed by atoms with Crippen LogP contribution in [-0.2, 0) is 6.42 Å². The highest BCUT2D eigenvalue weighted by atomic mass is 79.9. The van der Waals surface area contributed by atoms with Gasteiger partial charge < -0.3 is 5.11 Å². The SMILES string of the molecule is OC(Cc1cc(Cl)ccc1Cl)c1cccc(F)c1Br. The summed E-state index contributed by atoms with van der Waals surface area (Å²) in [7, 11) is 0. The maximum atomic E-state index is 13.4. The van der Waals surface area contributed by atoms with Crippen LogP contribution in [0.15, 0.2) is 40.9 Å². The molecule has 1 unspecified atom stereocenters. The molecule has 2 aromatic rings. The van der Waals surface area contributed by atoms with E-state index in [1.807, 2.05) is 0 Å². The number of hydrogen-bond acceptors (Lipinski definition) is 1. The molecule has 0 fully saturated rings. The van der Waals surface area contributed by atoms with Crippen LogP contribution in [0.1, 0.15) is 17.2 Å². The zero-order chi connectivity index (χ0) is 14.0. The fourth-order valence-electron chi connectivity index (χ4n) is 1.80. The smallest absolute Gasteiger partial charge is 0.137 e.